The number of thiocarbonyl (C=S) groups is 1. The van der Waals surface area contributed by atoms with Crippen LogP contribution in [0.2, 0.25) is 0 Å². The van der Waals surface area contributed by atoms with Crippen LogP contribution < -0.4 is 14.8 Å². The first kappa shape index (κ1) is 21.8. The van der Waals surface area contributed by atoms with Crippen molar-refractivity contribution in [2.45, 2.75) is 44.8 Å². The molecule has 0 spiro atoms. The predicted molar refractivity (Wildman–Crippen MR) is 129 cm³/mol. The van der Waals surface area contributed by atoms with E-state index in [0.717, 1.165) is 52.8 Å². The zero-order chi connectivity index (χ0) is 21.8. The smallest absolute Gasteiger partial charge is 0.276 e. The normalized spacial score (nSPS) is 18.4. The molecule has 31 heavy (non-hydrogen) atoms. The van der Waals surface area contributed by atoms with Crippen LogP contribution in [0.5, 0.6) is 11.5 Å². The number of benzene rings is 2. The Morgan fingerprint density at radius 3 is 2.74 bits per heavy atom. The Morgan fingerprint density at radius 1 is 1.19 bits per heavy atom. The molecule has 4 rings (SSSR count). The van der Waals surface area contributed by atoms with Crippen molar-refractivity contribution in [1.82, 2.24) is 10.2 Å². The molecule has 1 heterocycles. The van der Waals surface area contributed by atoms with Crippen molar-refractivity contribution >= 4 is 45.2 Å². The van der Waals surface area contributed by atoms with Gasteiger partial charge < -0.3 is 14.8 Å². The molecule has 5 nitrogen and oxygen atoms in total. The maximum Gasteiger partial charge on any atom is 0.276 e. The molecular weight excluding hydrogens is 476 g/mol. The third-order valence-corrected chi connectivity index (χ3v) is 6.45. The Bertz CT molecular complexity index is 1020. The lowest BCUT2D eigenvalue weighted by Gasteiger charge is -2.29. The van der Waals surface area contributed by atoms with Crippen molar-refractivity contribution < 1.29 is 14.3 Å². The number of hydrogen-bond donors (Lipinski definition) is 1. The van der Waals surface area contributed by atoms with E-state index in [1.165, 1.54) is 6.42 Å². The van der Waals surface area contributed by atoms with Crippen LogP contribution in [0.4, 0.5) is 0 Å². The van der Waals surface area contributed by atoms with Gasteiger partial charge in [-0.1, -0.05) is 47.3 Å². The monoisotopic (exact) mass is 500 g/mol. The van der Waals surface area contributed by atoms with Gasteiger partial charge in [0.1, 0.15) is 23.8 Å². The van der Waals surface area contributed by atoms with Crippen LogP contribution >= 0.6 is 28.1 Å². The van der Waals surface area contributed by atoms with Crippen molar-refractivity contribution in [2.24, 2.45) is 0 Å². The SMILES string of the molecule is COc1ccc(/C=C2/NC(=S)N(C3CCCCC3)C2=O)cc1COc1cccc(Br)c1. The molecule has 2 aromatic carbocycles. The molecule has 2 fully saturated rings. The second kappa shape index (κ2) is 9.83. The van der Waals surface area contributed by atoms with Gasteiger partial charge in [0.05, 0.1) is 7.11 Å². The van der Waals surface area contributed by atoms with E-state index >= 15 is 0 Å². The maximum absolute atomic E-state index is 13.0. The molecule has 2 aromatic rings. The lowest BCUT2D eigenvalue weighted by atomic mass is 9.94. The van der Waals surface area contributed by atoms with Crippen LogP contribution in [0.3, 0.4) is 0 Å². The van der Waals surface area contributed by atoms with Gasteiger partial charge in [-0.05, 0) is 67.0 Å². The highest BCUT2D eigenvalue weighted by Gasteiger charge is 2.36. The number of rotatable bonds is 6. The number of carbonyl (C=O) groups is 1. The van der Waals surface area contributed by atoms with E-state index in [4.69, 9.17) is 21.7 Å². The first-order chi connectivity index (χ1) is 15.0. The standard InChI is InChI=1S/C24H25BrN2O3S/c1-29-22-11-10-16(12-17(22)15-30-20-9-5-6-18(25)14-20)13-21-23(28)27(24(31)26-21)19-7-3-2-4-8-19/h5-6,9-14,19H,2-4,7-8,15H2,1H3,(H,26,31)/b21-13+. The first-order valence-electron chi connectivity index (χ1n) is 10.5. The molecule has 1 amide bonds. The van der Waals surface area contributed by atoms with Gasteiger partial charge >= 0.3 is 0 Å². The van der Waals surface area contributed by atoms with Crippen molar-refractivity contribution in [3.8, 4) is 11.5 Å². The Labute approximate surface area is 196 Å². The molecule has 0 atom stereocenters. The van der Waals surface area contributed by atoms with Crippen LogP contribution in [0.25, 0.3) is 6.08 Å². The summed E-state index contributed by atoms with van der Waals surface area (Å²) in [5.41, 5.74) is 2.30. The number of carbonyl (C=O) groups excluding carboxylic acids is 1. The summed E-state index contributed by atoms with van der Waals surface area (Å²) >= 11 is 8.93. The molecule has 1 aliphatic heterocycles. The second-order valence-electron chi connectivity index (χ2n) is 7.77. The Kier molecular flexibility index (Phi) is 6.92. The zero-order valence-electron chi connectivity index (χ0n) is 17.4. The van der Waals surface area contributed by atoms with Crippen LogP contribution in [-0.4, -0.2) is 29.1 Å². The summed E-state index contributed by atoms with van der Waals surface area (Å²) in [5.74, 6) is 1.46. The van der Waals surface area contributed by atoms with E-state index in [9.17, 15) is 4.79 Å². The van der Waals surface area contributed by atoms with Gasteiger partial charge in [-0.25, -0.2) is 0 Å². The first-order valence-corrected chi connectivity index (χ1v) is 11.7. The fourth-order valence-corrected chi connectivity index (χ4v) is 4.83. The van der Waals surface area contributed by atoms with Gasteiger partial charge in [0.2, 0.25) is 0 Å². The summed E-state index contributed by atoms with van der Waals surface area (Å²) in [6.07, 6.45) is 7.41. The third kappa shape index (κ3) is 5.10. The van der Waals surface area contributed by atoms with Gasteiger partial charge in [-0.2, -0.15) is 0 Å². The number of hydrogen-bond acceptors (Lipinski definition) is 4. The van der Waals surface area contributed by atoms with Crippen molar-refractivity contribution in [3.05, 3.63) is 63.8 Å². The Hall–Kier alpha value is -2.38. The molecule has 0 unspecified atom stereocenters. The van der Waals surface area contributed by atoms with Crippen molar-refractivity contribution in [2.75, 3.05) is 7.11 Å². The maximum atomic E-state index is 13.0. The molecule has 0 radical (unpaired) electrons. The molecule has 2 aliphatic rings. The summed E-state index contributed by atoms with van der Waals surface area (Å²) in [4.78, 5) is 14.8. The quantitative estimate of drug-likeness (QED) is 0.423. The lowest BCUT2D eigenvalue weighted by Crippen LogP contribution is -2.41. The van der Waals surface area contributed by atoms with E-state index in [1.54, 1.807) is 12.0 Å². The molecule has 0 bridgehead atoms. The molecule has 1 N–H and O–H groups in total. The van der Waals surface area contributed by atoms with Gasteiger partial charge in [0.15, 0.2) is 5.11 Å². The molecule has 7 heteroatoms. The minimum absolute atomic E-state index is 0.0420. The van der Waals surface area contributed by atoms with Gasteiger partial charge in [-0.15, -0.1) is 0 Å². The molecule has 1 saturated carbocycles. The van der Waals surface area contributed by atoms with Gasteiger partial charge in [0, 0.05) is 16.1 Å². The largest absolute Gasteiger partial charge is 0.496 e. The number of amides is 1. The summed E-state index contributed by atoms with van der Waals surface area (Å²) in [5, 5.41) is 3.62. The Balaban J connectivity index is 1.52. The van der Waals surface area contributed by atoms with E-state index in [2.05, 4.69) is 21.2 Å². The highest BCUT2D eigenvalue weighted by molar-refractivity contribution is 9.10. The van der Waals surface area contributed by atoms with Crippen LogP contribution in [0, 0.1) is 0 Å². The predicted octanol–water partition coefficient (Wildman–Crippen LogP) is 5.43. The van der Waals surface area contributed by atoms with Crippen LogP contribution in [-0.2, 0) is 11.4 Å². The van der Waals surface area contributed by atoms with Crippen LogP contribution in [0.15, 0.2) is 52.6 Å². The average molecular weight is 501 g/mol. The fourth-order valence-electron chi connectivity index (χ4n) is 4.11. The summed E-state index contributed by atoms with van der Waals surface area (Å²) in [7, 11) is 1.64. The van der Waals surface area contributed by atoms with E-state index in [1.807, 2.05) is 48.5 Å². The number of nitrogens with zero attached hydrogens (tertiary/aromatic N) is 1. The second-order valence-corrected chi connectivity index (χ2v) is 9.07. The third-order valence-electron chi connectivity index (χ3n) is 5.66. The van der Waals surface area contributed by atoms with Crippen LogP contribution in [0.1, 0.15) is 43.2 Å². The van der Waals surface area contributed by atoms with Crippen molar-refractivity contribution in [3.63, 3.8) is 0 Å². The van der Waals surface area contributed by atoms with E-state index in [-0.39, 0.29) is 11.9 Å². The summed E-state index contributed by atoms with van der Waals surface area (Å²) in [6.45, 7) is 0.352. The Morgan fingerprint density at radius 2 is 2.00 bits per heavy atom. The molecule has 1 saturated heterocycles. The van der Waals surface area contributed by atoms with Crippen molar-refractivity contribution in [1.29, 1.82) is 0 Å². The molecule has 1 aliphatic carbocycles. The highest BCUT2D eigenvalue weighted by atomic mass is 79.9. The highest BCUT2D eigenvalue weighted by Crippen LogP contribution is 2.28. The number of methoxy groups -OCH3 is 1. The number of ether oxygens (including phenoxy) is 2. The summed E-state index contributed by atoms with van der Waals surface area (Å²) in [6, 6.07) is 13.7. The molecule has 162 valence electrons. The zero-order valence-corrected chi connectivity index (χ0v) is 19.8. The number of nitrogens with one attached hydrogen (secondary N) is 1. The van der Waals surface area contributed by atoms with Gasteiger partial charge in [0.25, 0.3) is 5.91 Å². The lowest BCUT2D eigenvalue weighted by molar-refractivity contribution is -0.124. The molecular formula is C24H25BrN2O3S. The number of halogens is 1. The molecule has 0 aromatic heterocycles. The average Bonchev–Trinajstić information content (AvgIpc) is 3.05. The summed E-state index contributed by atoms with van der Waals surface area (Å²) < 4.78 is 12.4. The topological polar surface area (TPSA) is 50.8 Å². The fraction of sp³-hybridized carbons (Fsp3) is 0.333. The van der Waals surface area contributed by atoms with Gasteiger partial charge in [-0.3, -0.25) is 9.69 Å². The minimum atomic E-state index is -0.0420. The van der Waals surface area contributed by atoms with E-state index < -0.39 is 0 Å². The van der Waals surface area contributed by atoms with E-state index in [0.29, 0.717) is 17.4 Å². The minimum Gasteiger partial charge on any atom is -0.496 e.